The van der Waals surface area contributed by atoms with Gasteiger partial charge in [-0.05, 0) is 50.7 Å². The van der Waals surface area contributed by atoms with E-state index >= 15 is 0 Å². The van der Waals surface area contributed by atoms with Crippen molar-refractivity contribution in [1.29, 1.82) is 0 Å². The third-order valence-corrected chi connectivity index (χ3v) is 4.40. The number of likely N-dealkylation sites (N-methyl/N-ethyl adjacent to an activating group) is 1. The summed E-state index contributed by atoms with van der Waals surface area (Å²) in [6.45, 7) is 8.94. The maximum absolute atomic E-state index is 12.9. The van der Waals surface area contributed by atoms with Gasteiger partial charge in [0.1, 0.15) is 5.82 Å². The number of hydrogen-bond acceptors (Lipinski definition) is 5. The number of carbonyl (C=O) groups excluding carboxylic acids is 1. The Labute approximate surface area is 153 Å². The fraction of sp³-hybridized carbons (Fsp3) is 0.526. The zero-order chi connectivity index (χ0) is 18.9. The number of aryl methyl sites for hydroxylation is 1. The first-order chi connectivity index (χ1) is 12.5. The molecule has 6 nitrogen and oxygen atoms in total. The van der Waals surface area contributed by atoms with Crippen LogP contribution in [0, 0.1) is 5.82 Å². The third kappa shape index (κ3) is 5.91. The molecule has 0 radical (unpaired) electrons. The molecule has 1 amide bonds. The number of nitrogens with zero attached hydrogens (tertiary/aromatic N) is 3. The van der Waals surface area contributed by atoms with Gasteiger partial charge in [0.25, 0.3) is 0 Å². The minimum Gasteiger partial charge on any atom is -0.355 e. The predicted molar refractivity (Wildman–Crippen MR) is 98.0 cm³/mol. The summed E-state index contributed by atoms with van der Waals surface area (Å²) < 4.78 is 18.1. The van der Waals surface area contributed by atoms with Crippen molar-refractivity contribution in [2.45, 2.75) is 46.1 Å². The molecule has 1 unspecified atom stereocenters. The molecule has 2 rings (SSSR count). The zero-order valence-corrected chi connectivity index (χ0v) is 15.7. The lowest BCUT2D eigenvalue weighted by molar-refractivity contribution is -0.121. The molecule has 0 aliphatic carbocycles. The predicted octanol–water partition coefficient (Wildman–Crippen LogP) is 3.04. The second-order valence-corrected chi connectivity index (χ2v) is 6.25. The monoisotopic (exact) mass is 362 g/mol. The Hall–Kier alpha value is -2.28. The molecule has 0 aliphatic heterocycles. The van der Waals surface area contributed by atoms with Gasteiger partial charge in [0.05, 0.1) is 0 Å². The zero-order valence-electron chi connectivity index (χ0n) is 15.7. The van der Waals surface area contributed by atoms with E-state index in [1.54, 1.807) is 12.1 Å². The van der Waals surface area contributed by atoms with Crippen LogP contribution in [0.2, 0.25) is 0 Å². The molecular formula is C19H27FN4O2. The molecule has 0 bridgehead atoms. The quantitative estimate of drug-likeness (QED) is 0.703. The molecule has 2 aromatic rings. The minimum absolute atomic E-state index is 0.0299. The third-order valence-electron chi connectivity index (χ3n) is 4.40. The number of amides is 1. The molecule has 0 fully saturated rings. The maximum atomic E-state index is 12.9. The van der Waals surface area contributed by atoms with Gasteiger partial charge < -0.3 is 9.84 Å². The summed E-state index contributed by atoms with van der Waals surface area (Å²) in [7, 11) is 0. The van der Waals surface area contributed by atoms with E-state index in [1.165, 1.54) is 12.1 Å². The van der Waals surface area contributed by atoms with Crippen molar-refractivity contribution in [1.82, 2.24) is 20.4 Å². The van der Waals surface area contributed by atoms with Crippen molar-refractivity contribution in [3.63, 3.8) is 0 Å². The van der Waals surface area contributed by atoms with Crippen LogP contribution in [0.25, 0.3) is 11.4 Å². The molecule has 1 heterocycles. The Morgan fingerprint density at radius 2 is 1.96 bits per heavy atom. The molecule has 1 aromatic heterocycles. The number of benzene rings is 1. The smallest absolute Gasteiger partial charge is 0.226 e. The average molecular weight is 362 g/mol. The standard InChI is InChI=1S/C19H27FN4O2/c1-4-24(5-2)14(3)13-21-17(25)7-6-8-18-22-19(23-26-18)15-9-11-16(20)12-10-15/h9-12,14H,4-8,13H2,1-3H3,(H,21,25). The Morgan fingerprint density at radius 3 is 2.62 bits per heavy atom. The Bertz CT molecular complexity index is 683. The van der Waals surface area contributed by atoms with E-state index in [-0.39, 0.29) is 11.7 Å². The minimum atomic E-state index is -0.307. The summed E-state index contributed by atoms with van der Waals surface area (Å²) in [6.07, 6.45) is 1.59. The molecule has 142 valence electrons. The summed E-state index contributed by atoms with van der Waals surface area (Å²) in [5.41, 5.74) is 0.699. The van der Waals surface area contributed by atoms with E-state index in [1.807, 2.05) is 0 Å². The van der Waals surface area contributed by atoms with Crippen molar-refractivity contribution in [2.75, 3.05) is 19.6 Å². The van der Waals surface area contributed by atoms with Crippen LogP contribution < -0.4 is 5.32 Å². The van der Waals surface area contributed by atoms with Crippen LogP contribution in [0.4, 0.5) is 4.39 Å². The van der Waals surface area contributed by atoms with Crippen LogP contribution in [0.15, 0.2) is 28.8 Å². The van der Waals surface area contributed by atoms with Crippen molar-refractivity contribution in [2.24, 2.45) is 0 Å². The van der Waals surface area contributed by atoms with E-state index < -0.39 is 0 Å². The lowest BCUT2D eigenvalue weighted by atomic mass is 10.2. The van der Waals surface area contributed by atoms with E-state index in [0.29, 0.717) is 49.1 Å². The van der Waals surface area contributed by atoms with Gasteiger partial charge in [0.15, 0.2) is 0 Å². The number of rotatable bonds is 10. The fourth-order valence-corrected chi connectivity index (χ4v) is 2.80. The van der Waals surface area contributed by atoms with Crippen LogP contribution in [-0.2, 0) is 11.2 Å². The second kappa shape index (κ2) is 10.0. The number of aromatic nitrogens is 2. The lowest BCUT2D eigenvalue weighted by Gasteiger charge is -2.26. The summed E-state index contributed by atoms with van der Waals surface area (Å²) in [6, 6.07) is 6.25. The summed E-state index contributed by atoms with van der Waals surface area (Å²) in [5, 5.41) is 6.87. The topological polar surface area (TPSA) is 71.3 Å². The molecule has 0 aliphatic rings. The van der Waals surface area contributed by atoms with Crippen molar-refractivity contribution >= 4 is 5.91 Å². The highest BCUT2D eigenvalue weighted by molar-refractivity contribution is 5.75. The normalized spacial score (nSPS) is 12.3. The first kappa shape index (κ1) is 20.0. The number of carbonyl (C=O) groups is 1. The first-order valence-corrected chi connectivity index (χ1v) is 9.12. The van der Waals surface area contributed by atoms with Crippen LogP contribution in [0.3, 0.4) is 0 Å². The van der Waals surface area contributed by atoms with Crippen LogP contribution in [0.5, 0.6) is 0 Å². The number of nitrogens with one attached hydrogen (secondary N) is 1. The lowest BCUT2D eigenvalue weighted by Crippen LogP contribution is -2.41. The van der Waals surface area contributed by atoms with Gasteiger partial charge in [-0.3, -0.25) is 9.69 Å². The molecule has 1 atom stereocenters. The van der Waals surface area contributed by atoms with Gasteiger partial charge in [-0.1, -0.05) is 19.0 Å². The van der Waals surface area contributed by atoms with E-state index in [0.717, 1.165) is 13.1 Å². The SMILES string of the molecule is CCN(CC)C(C)CNC(=O)CCCc1nc(-c2ccc(F)cc2)no1. The first-order valence-electron chi connectivity index (χ1n) is 9.12. The molecular weight excluding hydrogens is 335 g/mol. The van der Waals surface area contributed by atoms with Gasteiger partial charge in [0, 0.05) is 31.0 Å². The van der Waals surface area contributed by atoms with E-state index in [4.69, 9.17) is 4.52 Å². The highest BCUT2D eigenvalue weighted by Gasteiger charge is 2.12. The summed E-state index contributed by atoms with van der Waals surface area (Å²) in [4.78, 5) is 18.6. The molecule has 0 spiro atoms. The van der Waals surface area contributed by atoms with Gasteiger partial charge in [-0.2, -0.15) is 4.98 Å². The van der Waals surface area contributed by atoms with Crippen LogP contribution >= 0.6 is 0 Å². The van der Waals surface area contributed by atoms with Crippen molar-refractivity contribution in [3.05, 3.63) is 36.0 Å². The second-order valence-electron chi connectivity index (χ2n) is 6.25. The van der Waals surface area contributed by atoms with Gasteiger partial charge in [-0.15, -0.1) is 0 Å². The van der Waals surface area contributed by atoms with Gasteiger partial charge >= 0.3 is 0 Å². The number of halogens is 1. The number of hydrogen-bond donors (Lipinski definition) is 1. The summed E-state index contributed by atoms with van der Waals surface area (Å²) >= 11 is 0. The van der Waals surface area contributed by atoms with Crippen LogP contribution in [-0.4, -0.2) is 46.6 Å². The van der Waals surface area contributed by atoms with Gasteiger partial charge in [-0.25, -0.2) is 4.39 Å². The average Bonchev–Trinajstić information content (AvgIpc) is 3.10. The molecule has 0 saturated carbocycles. The summed E-state index contributed by atoms with van der Waals surface area (Å²) in [5.74, 6) is 0.632. The Kier molecular flexibility index (Phi) is 7.72. The highest BCUT2D eigenvalue weighted by Crippen LogP contribution is 2.16. The Morgan fingerprint density at radius 1 is 1.27 bits per heavy atom. The molecule has 7 heteroatoms. The van der Waals surface area contributed by atoms with Crippen molar-refractivity contribution in [3.8, 4) is 11.4 Å². The molecule has 1 aromatic carbocycles. The molecule has 26 heavy (non-hydrogen) atoms. The Balaban J connectivity index is 1.72. The molecule has 1 N–H and O–H groups in total. The fourth-order valence-electron chi connectivity index (χ4n) is 2.80. The van der Waals surface area contributed by atoms with E-state index in [2.05, 4.69) is 41.1 Å². The van der Waals surface area contributed by atoms with Crippen molar-refractivity contribution < 1.29 is 13.7 Å². The maximum Gasteiger partial charge on any atom is 0.226 e. The van der Waals surface area contributed by atoms with Crippen LogP contribution in [0.1, 0.15) is 39.5 Å². The highest BCUT2D eigenvalue weighted by atomic mass is 19.1. The molecule has 0 saturated heterocycles. The largest absolute Gasteiger partial charge is 0.355 e. The van der Waals surface area contributed by atoms with E-state index in [9.17, 15) is 9.18 Å². The van der Waals surface area contributed by atoms with Gasteiger partial charge in [0.2, 0.25) is 17.6 Å².